The van der Waals surface area contributed by atoms with E-state index in [1.807, 2.05) is 42.5 Å². The SMILES string of the molecule is N#C/C(=N\[C@H](Cc1ccco1)c1ccccc1)c1ccc(C(F)(F)F)cc1. The Labute approximate surface area is 154 Å². The molecule has 0 aliphatic rings. The van der Waals surface area contributed by atoms with Crippen LogP contribution in [-0.4, -0.2) is 5.71 Å². The Kier molecular flexibility index (Phi) is 5.41. The Bertz CT molecular complexity index is 938. The lowest BCUT2D eigenvalue weighted by Crippen LogP contribution is -2.08. The largest absolute Gasteiger partial charge is 0.469 e. The first-order chi connectivity index (χ1) is 13.0. The number of hydrogen-bond donors (Lipinski definition) is 0. The number of aliphatic imine (C=N–C) groups is 1. The van der Waals surface area contributed by atoms with Crippen LogP contribution < -0.4 is 0 Å². The van der Waals surface area contributed by atoms with Gasteiger partial charge in [0.05, 0.1) is 17.9 Å². The molecule has 0 aliphatic heterocycles. The second-order valence-electron chi connectivity index (χ2n) is 5.87. The third kappa shape index (κ3) is 4.64. The highest BCUT2D eigenvalue weighted by atomic mass is 19.4. The molecule has 1 heterocycles. The molecule has 0 N–H and O–H groups in total. The minimum absolute atomic E-state index is 0.0733. The van der Waals surface area contributed by atoms with Gasteiger partial charge in [0.25, 0.3) is 0 Å². The van der Waals surface area contributed by atoms with E-state index in [2.05, 4.69) is 4.99 Å². The smallest absolute Gasteiger partial charge is 0.416 e. The predicted molar refractivity (Wildman–Crippen MR) is 95.2 cm³/mol. The summed E-state index contributed by atoms with van der Waals surface area (Å²) in [4.78, 5) is 4.52. The number of hydrogen-bond acceptors (Lipinski definition) is 3. The second kappa shape index (κ2) is 7.92. The van der Waals surface area contributed by atoms with E-state index >= 15 is 0 Å². The molecule has 1 aromatic heterocycles. The van der Waals surface area contributed by atoms with Crippen molar-refractivity contribution in [2.75, 3.05) is 0 Å². The van der Waals surface area contributed by atoms with Crippen molar-refractivity contribution in [2.24, 2.45) is 4.99 Å². The van der Waals surface area contributed by atoms with Gasteiger partial charge in [-0.25, -0.2) is 0 Å². The van der Waals surface area contributed by atoms with Gasteiger partial charge < -0.3 is 4.42 Å². The van der Waals surface area contributed by atoms with Crippen LogP contribution in [0.1, 0.15) is 28.5 Å². The molecule has 0 saturated carbocycles. The molecule has 1 atom stereocenters. The fourth-order valence-corrected chi connectivity index (χ4v) is 2.67. The quantitative estimate of drug-likeness (QED) is 0.551. The fourth-order valence-electron chi connectivity index (χ4n) is 2.67. The van der Waals surface area contributed by atoms with Crippen LogP contribution in [0.3, 0.4) is 0 Å². The number of nitriles is 1. The summed E-state index contributed by atoms with van der Waals surface area (Å²) in [5.41, 5.74) is 0.530. The third-order valence-electron chi connectivity index (χ3n) is 4.04. The van der Waals surface area contributed by atoms with Crippen molar-refractivity contribution in [1.82, 2.24) is 0 Å². The van der Waals surface area contributed by atoms with Gasteiger partial charge >= 0.3 is 6.18 Å². The molecule has 2 aromatic carbocycles. The maximum Gasteiger partial charge on any atom is 0.416 e. The maximum atomic E-state index is 12.7. The lowest BCUT2D eigenvalue weighted by Gasteiger charge is -2.13. The lowest BCUT2D eigenvalue weighted by molar-refractivity contribution is -0.137. The highest BCUT2D eigenvalue weighted by molar-refractivity contribution is 6.11. The van der Waals surface area contributed by atoms with Crippen LogP contribution >= 0.6 is 0 Å². The van der Waals surface area contributed by atoms with E-state index in [1.165, 1.54) is 12.1 Å². The first kappa shape index (κ1) is 18.5. The van der Waals surface area contributed by atoms with Crippen LogP contribution in [0.15, 0.2) is 82.4 Å². The summed E-state index contributed by atoms with van der Waals surface area (Å²) in [5.74, 6) is 0.706. The monoisotopic (exact) mass is 368 g/mol. The summed E-state index contributed by atoms with van der Waals surface area (Å²) in [6.45, 7) is 0. The fraction of sp³-hybridized carbons (Fsp3) is 0.143. The summed E-state index contributed by atoms with van der Waals surface area (Å²) < 4.78 is 43.6. The van der Waals surface area contributed by atoms with E-state index in [0.29, 0.717) is 17.7 Å². The van der Waals surface area contributed by atoms with Gasteiger partial charge in [-0.2, -0.15) is 18.4 Å². The summed E-state index contributed by atoms with van der Waals surface area (Å²) in [7, 11) is 0. The topological polar surface area (TPSA) is 49.3 Å². The first-order valence-electron chi connectivity index (χ1n) is 8.20. The Morgan fingerprint density at radius 1 is 1.00 bits per heavy atom. The molecule has 3 aromatic rings. The first-order valence-corrected chi connectivity index (χ1v) is 8.20. The summed E-state index contributed by atoms with van der Waals surface area (Å²) in [6.07, 6.45) is -2.43. The molecule has 0 unspecified atom stereocenters. The van der Waals surface area contributed by atoms with Crippen LogP contribution in [0.5, 0.6) is 0 Å². The number of nitrogens with zero attached hydrogens (tertiary/aromatic N) is 2. The van der Waals surface area contributed by atoms with Crippen molar-refractivity contribution >= 4 is 5.71 Å². The third-order valence-corrected chi connectivity index (χ3v) is 4.04. The van der Waals surface area contributed by atoms with Gasteiger partial charge in [-0.15, -0.1) is 0 Å². The van der Waals surface area contributed by atoms with Gasteiger partial charge in [0.15, 0.2) is 0 Å². The molecule has 3 rings (SSSR count). The summed E-state index contributed by atoms with van der Waals surface area (Å²) in [5, 5.41) is 9.50. The van der Waals surface area contributed by atoms with E-state index in [9.17, 15) is 18.4 Å². The zero-order valence-electron chi connectivity index (χ0n) is 14.1. The van der Waals surface area contributed by atoms with Gasteiger partial charge in [-0.1, -0.05) is 42.5 Å². The number of alkyl halides is 3. The Hall–Kier alpha value is -3.33. The van der Waals surface area contributed by atoms with Crippen molar-refractivity contribution < 1.29 is 17.6 Å². The molecule has 0 aliphatic carbocycles. The van der Waals surface area contributed by atoms with Gasteiger partial charge in [0.2, 0.25) is 0 Å². The van der Waals surface area contributed by atoms with Crippen molar-refractivity contribution in [3.8, 4) is 6.07 Å². The van der Waals surface area contributed by atoms with E-state index in [4.69, 9.17) is 4.42 Å². The van der Waals surface area contributed by atoms with E-state index in [0.717, 1.165) is 17.7 Å². The average Bonchev–Trinajstić information content (AvgIpc) is 3.18. The Balaban J connectivity index is 1.95. The molecule has 27 heavy (non-hydrogen) atoms. The molecule has 6 heteroatoms. The van der Waals surface area contributed by atoms with Crippen LogP contribution in [-0.2, 0) is 12.6 Å². The van der Waals surface area contributed by atoms with Crippen LogP contribution in [0.25, 0.3) is 0 Å². The molecule has 0 radical (unpaired) electrons. The van der Waals surface area contributed by atoms with E-state index < -0.39 is 17.8 Å². The molecule has 136 valence electrons. The molecule has 0 fully saturated rings. The van der Waals surface area contributed by atoms with E-state index in [1.54, 1.807) is 12.3 Å². The highest BCUT2D eigenvalue weighted by Gasteiger charge is 2.30. The van der Waals surface area contributed by atoms with Crippen LogP contribution in [0, 0.1) is 11.3 Å². The number of furan rings is 1. The van der Waals surface area contributed by atoms with Gasteiger partial charge in [0, 0.05) is 12.0 Å². The van der Waals surface area contributed by atoms with Gasteiger partial charge in [0.1, 0.15) is 17.5 Å². The van der Waals surface area contributed by atoms with Crippen LogP contribution in [0.4, 0.5) is 13.2 Å². The molecule has 3 nitrogen and oxygen atoms in total. The minimum Gasteiger partial charge on any atom is -0.469 e. The molecule has 0 bridgehead atoms. The minimum atomic E-state index is -4.42. The predicted octanol–water partition coefficient (Wildman–Crippen LogP) is 5.60. The number of halogens is 3. The zero-order chi connectivity index (χ0) is 19.3. The molecular formula is C21H15F3N2O. The second-order valence-corrected chi connectivity index (χ2v) is 5.87. The van der Waals surface area contributed by atoms with Crippen molar-refractivity contribution in [1.29, 1.82) is 5.26 Å². The summed E-state index contributed by atoms with van der Waals surface area (Å²) in [6, 6.07) is 19.0. The normalized spacial score (nSPS) is 13.2. The van der Waals surface area contributed by atoms with Crippen molar-refractivity contribution in [3.05, 3.63) is 95.4 Å². The molecular weight excluding hydrogens is 353 g/mol. The van der Waals surface area contributed by atoms with Crippen molar-refractivity contribution in [3.63, 3.8) is 0 Å². The Morgan fingerprint density at radius 2 is 1.70 bits per heavy atom. The van der Waals surface area contributed by atoms with Crippen molar-refractivity contribution in [2.45, 2.75) is 18.6 Å². The van der Waals surface area contributed by atoms with E-state index in [-0.39, 0.29) is 5.71 Å². The zero-order valence-corrected chi connectivity index (χ0v) is 14.1. The number of benzene rings is 2. The molecule has 0 amide bonds. The highest BCUT2D eigenvalue weighted by Crippen LogP contribution is 2.29. The van der Waals surface area contributed by atoms with Gasteiger partial charge in [-0.3, -0.25) is 4.99 Å². The number of rotatable bonds is 5. The van der Waals surface area contributed by atoms with Gasteiger partial charge in [-0.05, 0) is 29.8 Å². The lowest BCUT2D eigenvalue weighted by atomic mass is 10.0. The maximum absolute atomic E-state index is 12.7. The standard InChI is InChI=1S/C21H15F3N2O/c22-21(23,24)17-10-8-16(9-11-17)20(14-25)26-19(13-18-7-4-12-27-18)15-5-2-1-3-6-15/h1-12,19H,13H2/b26-20+/t19-/m1/s1. The molecule has 0 spiro atoms. The van der Waals surface area contributed by atoms with Crippen LogP contribution in [0.2, 0.25) is 0 Å². The Morgan fingerprint density at radius 3 is 2.26 bits per heavy atom. The summed E-state index contributed by atoms with van der Waals surface area (Å²) >= 11 is 0. The average molecular weight is 368 g/mol. The molecule has 0 saturated heterocycles.